The number of aliphatic hydroxyl groups excluding tert-OH is 1. The number of nitrogens with zero attached hydrogens (tertiary/aromatic N) is 1. The van der Waals surface area contributed by atoms with Gasteiger partial charge in [0, 0.05) is 30.5 Å². The maximum absolute atomic E-state index is 12.3. The van der Waals surface area contributed by atoms with E-state index >= 15 is 0 Å². The van der Waals surface area contributed by atoms with Crippen molar-refractivity contribution in [1.82, 2.24) is 4.90 Å². The van der Waals surface area contributed by atoms with E-state index < -0.39 is 0 Å². The summed E-state index contributed by atoms with van der Waals surface area (Å²) in [5.41, 5.74) is 0.490. The molecule has 0 bridgehead atoms. The number of allylic oxidation sites excluding steroid dienone is 1. The maximum Gasteiger partial charge on any atom is 0.343 e. The van der Waals surface area contributed by atoms with Crippen LogP contribution in [0.4, 0.5) is 0 Å². The molecule has 38 heavy (non-hydrogen) atoms. The number of methoxy groups -OCH3 is 1. The van der Waals surface area contributed by atoms with Crippen LogP contribution in [0, 0.1) is 29.6 Å². The predicted octanol–water partition coefficient (Wildman–Crippen LogP) is 6.46. The van der Waals surface area contributed by atoms with Crippen molar-refractivity contribution in [2.24, 2.45) is 29.6 Å². The molecule has 0 aromatic carbocycles. The lowest BCUT2D eigenvalue weighted by Crippen LogP contribution is -2.55. The number of ether oxygens (including phenoxy) is 3. The van der Waals surface area contributed by atoms with Crippen LogP contribution in [-0.4, -0.2) is 47.8 Å². The number of esters is 1. The zero-order valence-electron chi connectivity index (χ0n) is 24.2. The number of hydrogen-bond donors (Lipinski definition) is 1. The minimum atomic E-state index is -0.363. The molecule has 0 aromatic rings. The zero-order valence-corrected chi connectivity index (χ0v) is 24.2. The second-order valence-electron chi connectivity index (χ2n) is 12.9. The van der Waals surface area contributed by atoms with Crippen LogP contribution in [0.15, 0.2) is 34.7 Å². The SMILES string of the molecule is COC1=C(C)C(=O)O/C1=C1/OC2=CCCN3[C@@H](CCC[C@H]3[C@@H](O)C[C@H]3CCCC[C@@H]3CCC(C)C)[C@H]2[C@@H]1C. The van der Waals surface area contributed by atoms with Crippen molar-refractivity contribution in [3.05, 3.63) is 34.7 Å². The first kappa shape index (κ1) is 27.8. The molecule has 1 saturated carbocycles. The number of hydrogen-bond acceptors (Lipinski definition) is 6. The number of fused-ring (bicyclic) bond motifs is 3. The standard InChI is InChI=1S/C32H49NO5/c1-19(2)15-16-22-10-6-7-11-23(22)18-26(34)24-12-8-13-25-28-20(3)30(37-27(28)14-9-17-33(24)25)31-29(36-5)21(4)32(35)38-31/h14,19-20,22-26,28,34H,6-13,15-18H2,1-5H3/b31-30+/t20-,22+,23+,24-,25-,26-,28+/m0/s1. The fraction of sp³-hybridized carbons (Fsp3) is 0.781. The van der Waals surface area contributed by atoms with E-state index in [0.717, 1.165) is 56.2 Å². The number of piperidine rings is 1. The third-order valence-corrected chi connectivity index (χ3v) is 10.2. The summed E-state index contributed by atoms with van der Waals surface area (Å²) in [5, 5.41) is 11.7. The molecule has 2 saturated heterocycles. The van der Waals surface area contributed by atoms with Crippen molar-refractivity contribution in [2.75, 3.05) is 13.7 Å². The minimum absolute atomic E-state index is 0.0698. The Morgan fingerprint density at radius 2 is 1.87 bits per heavy atom. The highest BCUT2D eigenvalue weighted by Gasteiger charge is 2.50. The Morgan fingerprint density at radius 1 is 1.11 bits per heavy atom. The van der Waals surface area contributed by atoms with Gasteiger partial charge in [-0.1, -0.05) is 59.3 Å². The number of carbonyl (C=O) groups is 1. The third kappa shape index (κ3) is 5.32. The summed E-state index contributed by atoms with van der Waals surface area (Å²) in [5.74, 6) is 4.73. The molecule has 1 N–H and O–H groups in total. The molecule has 212 valence electrons. The van der Waals surface area contributed by atoms with Crippen molar-refractivity contribution in [1.29, 1.82) is 0 Å². The zero-order chi connectivity index (χ0) is 27.0. The lowest BCUT2D eigenvalue weighted by atomic mass is 9.72. The van der Waals surface area contributed by atoms with Gasteiger partial charge >= 0.3 is 5.97 Å². The summed E-state index contributed by atoms with van der Waals surface area (Å²) in [6, 6.07) is 0.528. The highest BCUT2D eigenvalue weighted by atomic mass is 16.6. The molecule has 0 amide bonds. The summed E-state index contributed by atoms with van der Waals surface area (Å²) in [7, 11) is 1.58. The summed E-state index contributed by atoms with van der Waals surface area (Å²) >= 11 is 0. The quantitative estimate of drug-likeness (QED) is 0.383. The molecule has 0 spiro atoms. The van der Waals surface area contributed by atoms with Crippen LogP contribution in [-0.2, 0) is 19.0 Å². The van der Waals surface area contributed by atoms with Crippen LogP contribution in [0.3, 0.4) is 0 Å². The van der Waals surface area contributed by atoms with Crippen molar-refractivity contribution in [3.63, 3.8) is 0 Å². The van der Waals surface area contributed by atoms with Crippen LogP contribution < -0.4 is 0 Å². The van der Waals surface area contributed by atoms with E-state index in [9.17, 15) is 9.90 Å². The minimum Gasteiger partial charge on any atom is -0.492 e. The normalized spacial score (nSPS) is 36.8. The Hall–Kier alpha value is -1.79. The highest BCUT2D eigenvalue weighted by molar-refractivity contribution is 5.93. The Balaban J connectivity index is 1.33. The van der Waals surface area contributed by atoms with E-state index in [1.165, 1.54) is 38.5 Å². The van der Waals surface area contributed by atoms with Gasteiger partial charge in [-0.05, 0) is 62.9 Å². The summed E-state index contributed by atoms with van der Waals surface area (Å²) in [6.45, 7) is 9.55. The molecule has 4 aliphatic heterocycles. The molecule has 6 nitrogen and oxygen atoms in total. The van der Waals surface area contributed by atoms with Crippen molar-refractivity contribution in [2.45, 2.75) is 117 Å². The molecule has 6 heteroatoms. The van der Waals surface area contributed by atoms with E-state index in [1.54, 1.807) is 14.0 Å². The average Bonchev–Trinajstić information content (AvgIpc) is 3.29. The van der Waals surface area contributed by atoms with Gasteiger partial charge in [0.05, 0.1) is 18.8 Å². The van der Waals surface area contributed by atoms with Gasteiger partial charge in [0.15, 0.2) is 11.5 Å². The molecule has 4 heterocycles. The van der Waals surface area contributed by atoms with Crippen LogP contribution in [0.2, 0.25) is 0 Å². The first-order chi connectivity index (χ1) is 18.3. The first-order valence-electron chi connectivity index (χ1n) is 15.3. The predicted molar refractivity (Wildman–Crippen MR) is 148 cm³/mol. The van der Waals surface area contributed by atoms with Gasteiger partial charge < -0.3 is 19.3 Å². The number of rotatable bonds is 7. The lowest BCUT2D eigenvalue weighted by Gasteiger charge is -2.47. The molecule has 0 aromatic heterocycles. The van der Waals surface area contributed by atoms with Gasteiger partial charge in [0.1, 0.15) is 5.76 Å². The molecule has 1 aliphatic carbocycles. The van der Waals surface area contributed by atoms with Crippen LogP contribution >= 0.6 is 0 Å². The van der Waals surface area contributed by atoms with Crippen LogP contribution in [0.25, 0.3) is 0 Å². The number of carbonyl (C=O) groups excluding carboxylic acids is 1. The second-order valence-corrected chi connectivity index (χ2v) is 12.9. The first-order valence-corrected chi connectivity index (χ1v) is 15.3. The van der Waals surface area contributed by atoms with Crippen molar-refractivity contribution < 1.29 is 24.1 Å². The van der Waals surface area contributed by atoms with Gasteiger partial charge in [0.25, 0.3) is 0 Å². The highest BCUT2D eigenvalue weighted by Crippen LogP contribution is 2.49. The fourth-order valence-electron chi connectivity index (χ4n) is 8.13. The molecule has 3 fully saturated rings. The molecular formula is C32H49NO5. The average molecular weight is 528 g/mol. The van der Waals surface area contributed by atoms with Gasteiger partial charge in [-0.15, -0.1) is 0 Å². The maximum atomic E-state index is 12.3. The molecular weight excluding hydrogens is 478 g/mol. The van der Waals surface area contributed by atoms with Gasteiger partial charge in [0.2, 0.25) is 5.76 Å². The van der Waals surface area contributed by atoms with E-state index in [0.29, 0.717) is 34.8 Å². The number of aliphatic hydroxyl groups is 1. The molecule has 5 rings (SSSR count). The van der Waals surface area contributed by atoms with E-state index in [2.05, 4.69) is 31.7 Å². The van der Waals surface area contributed by atoms with Gasteiger partial charge in [-0.25, -0.2) is 4.79 Å². The largest absolute Gasteiger partial charge is 0.492 e. The summed E-state index contributed by atoms with van der Waals surface area (Å²) in [6.07, 6.45) is 15.0. The molecule has 0 unspecified atom stereocenters. The van der Waals surface area contributed by atoms with Gasteiger partial charge in [-0.3, -0.25) is 4.90 Å². The van der Waals surface area contributed by atoms with E-state index in [1.807, 2.05) is 0 Å². The van der Waals surface area contributed by atoms with Crippen molar-refractivity contribution >= 4 is 5.97 Å². The molecule has 5 aliphatic rings. The topological polar surface area (TPSA) is 68.2 Å². The van der Waals surface area contributed by atoms with E-state index in [4.69, 9.17) is 14.2 Å². The summed E-state index contributed by atoms with van der Waals surface area (Å²) < 4.78 is 17.6. The van der Waals surface area contributed by atoms with Crippen LogP contribution in [0.5, 0.6) is 0 Å². The van der Waals surface area contributed by atoms with Crippen LogP contribution in [0.1, 0.15) is 98.3 Å². The summed E-state index contributed by atoms with van der Waals surface area (Å²) in [4.78, 5) is 14.9. The number of cyclic esters (lactones) is 1. The molecule has 0 radical (unpaired) electrons. The fourth-order valence-corrected chi connectivity index (χ4v) is 8.13. The monoisotopic (exact) mass is 527 g/mol. The lowest BCUT2D eigenvalue weighted by molar-refractivity contribution is -0.133. The third-order valence-electron chi connectivity index (χ3n) is 10.2. The smallest absolute Gasteiger partial charge is 0.343 e. The van der Waals surface area contributed by atoms with E-state index in [-0.39, 0.29) is 30.0 Å². The Labute approximate surface area is 229 Å². The van der Waals surface area contributed by atoms with Crippen molar-refractivity contribution in [3.8, 4) is 0 Å². The Bertz CT molecular complexity index is 980. The van der Waals surface area contributed by atoms with Gasteiger partial charge in [-0.2, -0.15) is 0 Å². The molecule has 7 atom stereocenters. The second kappa shape index (κ2) is 11.8. The Kier molecular flexibility index (Phi) is 8.59. The Morgan fingerprint density at radius 3 is 2.61 bits per heavy atom.